The molecule has 75 valence electrons. The van der Waals surface area contributed by atoms with Crippen molar-refractivity contribution < 1.29 is 9.90 Å². The van der Waals surface area contributed by atoms with Crippen LogP contribution in [0.2, 0.25) is 0 Å². The number of hydrogen-bond donors (Lipinski definition) is 2. The molecule has 0 aliphatic rings. The zero-order chi connectivity index (χ0) is 10.7. The first-order chi connectivity index (χ1) is 6.56. The Bertz CT molecular complexity index is 347. The van der Waals surface area contributed by atoms with Crippen molar-refractivity contribution in [2.45, 2.75) is 19.3 Å². The van der Waals surface area contributed by atoms with Crippen LogP contribution >= 0.6 is 0 Å². The van der Waals surface area contributed by atoms with E-state index >= 15 is 0 Å². The van der Waals surface area contributed by atoms with Crippen LogP contribution in [0.15, 0.2) is 18.2 Å². The van der Waals surface area contributed by atoms with Crippen LogP contribution < -0.4 is 5.73 Å². The average Bonchev–Trinajstić information content (AvgIpc) is 2.17. The van der Waals surface area contributed by atoms with E-state index in [1.54, 1.807) is 12.1 Å². The Labute approximate surface area is 83.6 Å². The molecule has 0 saturated carbocycles. The molecule has 3 nitrogen and oxygen atoms in total. The average molecular weight is 192 g/mol. The third-order valence-corrected chi connectivity index (χ3v) is 2.30. The summed E-state index contributed by atoms with van der Waals surface area (Å²) in [7, 11) is 0. The maximum absolute atomic E-state index is 10.7. The van der Waals surface area contributed by atoms with Gasteiger partial charge in [-0.1, -0.05) is 13.8 Å². The highest BCUT2D eigenvalue weighted by Gasteiger charge is 2.10. The van der Waals surface area contributed by atoms with E-state index in [9.17, 15) is 4.79 Å². The first-order valence-electron chi connectivity index (χ1n) is 4.48. The van der Waals surface area contributed by atoms with Crippen molar-refractivity contribution in [3.8, 4) is 0 Å². The molecule has 0 fully saturated rings. The molecule has 14 heavy (non-hydrogen) atoms. The minimum Gasteiger partial charge on any atom is -0.478 e. The van der Waals surface area contributed by atoms with Gasteiger partial charge in [0.2, 0.25) is 0 Å². The molecule has 0 amide bonds. The lowest BCUT2D eigenvalue weighted by molar-refractivity contribution is 0.0697. The van der Waals surface area contributed by atoms with Gasteiger partial charge in [0.05, 0.1) is 5.56 Å². The second kappa shape index (κ2) is 4.13. The number of carbonyl (C=O) groups is 1. The van der Waals surface area contributed by atoms with Gasteiger partial charge in [-0.15, -0.1) is 0 Å². The zero-order valence-electron chi connectivity index (χ0n) is 8.16. The molecule has 0 saturated heterocycles. The lowest BCUT2D eigenvalue weighted by Gasteiger charge is -2.12. The normalized spacial score (nSPS) is 12.4. The van der Waals surface area contributed by atoms with Gasteiger partial charge in [-0.05, 0) is 36.1 Å². The van der Waals surface area contributed by atoms with E-state index in [4.69, 9.17) is 10.8 Å². The highest BCUT2D eigenvalue weighted by molar-refractivity contribution is 5.88. The van der Waals surface area contributed by atoms with E-state index in [1.165, 1.54) is 6.07 Å². The second-order valence-electron chi connectivity index (χ2n) is 3.34. The minimum atomic E-state index is -0.928. The van der Waals surface area contributed by atoms with Crippen LogP contribution in [-0.2, 0) is 0 Å². The molecule has 3 heteroatoms. The van der Waals surface area contributed by atoms with Gasteiger partial charge in [0.15, 0.2) is 0 Å². The molecule has 1 aromatic carbocycles. The number of carboxylic acids is 1. The maximum Gasteiger partial charge on any atom is 0.335 e. The largest absolute Gasteiger partial charge is 0.478 e. The number of benzene rings is 1. The van der Waals surface area contributed by atoms with Crippen LogP contribution in [0.4, 0.5) is 5.69 Å². The van der Waals surface area contributed by atoms with Gasteiger partial charge in [-0.25, -0.2) is 4.79 Å². The number of nitrogens with two attached hydrogens (primary N) is 1. The fourth-order valence-corrected chi connectivity index (χ4v) is 1.29. The molecule has 3 N–H and O–H groups in total. The van der Waals surface area contributed by atoms with Crippen LogP contribution in [0.5, 0.6) is 0 Å². The van der Waals surface area contributed by atoms with Crippen molar-refractivity contribution in [1.29, 1.82) is 0 Å². The van der Waals surface area contributed by atoms with E-state index in [1.807, 2.05) is 6.92 Å². The summed E-state index contributed by atoms with van der Waals surface area (Å²) in [5, 5.41) is 8.80. The summed E-state index contributed by atoms with van der Waals surface area (Å²) in [4.78, 5) is 10.7. The van der Waals surface area contributed by atoms with E-state index in [0.29, 0.717) is 12.1 Å². The van der Waals surface area contributed by atoms with Crippen molar-refractivity contribution in [3.63, 3.8) is 0 Å². The van der Waals surface area contributed by atoms with Gasteiger partial charge in [-0.3, -0.25) is 0 Å². The molecule has 1 radical (unpaired) electrons. The predicted molar refractivity (Wildman–Crippen MR) is 56.2 cm³/mol. The Morgan fingerprint density at radius 2 is 2.29 bits per heavy atom. The summed E-state index contributed by atoms with van der Waals surface area (Å²) in [6.07, 6.45) is 0.702. The zero-order valence-corrected chi connectivity index (χ0v) is 8.16. The quantitative estimate of drug-likeness (QED) is 0.722. The van der Waals surface area contributed by atoms with Gasteiger partial charge in [0.1, 0.15) is 0 Å². The van der Waals surface area contributed by atoms with E-state index < -0.39 is 5.97 Å². The fourth-order valence-electron chi connectivity index (χ4n) is 1.29. The van der Waals surface area contributed by atoms with Crippen molar-refractivity contribution in [1.82, 2.24) is 0 Å². The molecule has 1 aromatic rings. The number of carboxylic acid groups (broad SMARTS) is 1. The first kappa shape index (κ1) is 10.6. The third-order valence-electron chi connectivity index (χ3n) is 2.30. The van der Waals surface area contributed by atoms with Gasteiger partial charge in [-0.2, -0.15) is 0 Å². The van der Waals surface area contributed by atoms with Gasteiger partial charge >= 0.3 is 5.97 Å². The van der Waals surface area contributed by atoms with Crippen LogP contribution in [0.3, 0.4) is 0 Å². The molecule has 1 atom stereocenters. The highest BCUT2D eigenvalue weighted by Crippen LogP contribution is 2.25. The van der Waals surface area contributed by atoms with Gasteiger partial charge in [0, 0.05) is 5.69 Å². The Morgan fingerprint density at radius 1 is 1.64 bits per heavy atom. The van der Waals surface area contributed by atoms with E-state index in [-0.39, 0.29) is 11.5 Å². The Hall–Kier alpha value is -1.51. The molecule has 1 rings (SSSR count). The van der Waals surface area contributed by atoms with Crippen LogP contribution in [0.1, 0.15) is 35.2 Å². The van der Waals surface area contributed by atoms with Crippen molar-refractivity contribution in [3.05, 3.63) is 36.2 Å². The molecular weight excluding hydrogens is 178 g/mol. The van der Waals surface area contributed by atoms with E-state index in [2.05, 4.69) is 6.92 Å². The molecule has 0 aromatic heterocycles. The number of rotatable bonds is 3. The lowest BCUT2D eigenvalue weighted by atomic mass is 9.95. The molecule has 0 aliphatic carbocycles. The summed E-state index contributed by atoms with van der Waals surface area (Å²) >= 11 is 0. The molecule has 0 bridgehead atoms. The van der Waals surface area contributed by atoms with Crippen molar-refractivity contribution >= 4 is 11.7 Å². The van der Waals surface area contributed by atoms with Gasteiger partial charge < -0.3 is 10.8 Å². The fraction of sp³-hybridized carbons (Fsp3) is 0.273. The molecule has 0 heterocycles. The predicted octanol–water partition coefficient (Wildman–Crippen LogP) is 2.29. The Kier molecular flexibility index (Phi) is 3.12. The maximum atomic E-state index is 10.7. The smallest absolute Gasteiger partial charge is 0.335 e. The van der Waals surface area contributed by atoms with Crippen molar-refractivity contribution in [2.75, 3.05) is 5.73 Å². The Morgan fingerprint density at radius 3 is 2.79 bits per heavy atom. The van der Waals surface area contributed by atoms with Crippen LogP contribution in [0, 0.1) is 6.92 Å². The first-order valence-corrected chi connectivity index (χ1v) is 4.48. The monoisotopic (exact) mass is 192 g/mol. The van der Waals surface area contributed by atoms with Crippen LogP contribution in [0.25, 0.3) is 0 Å². The summed E-state index contributed by atoms with van der Waals surface area (Å²) < 4.78 is 0. The SMILES string of the molecule is [CH2]CC(C)c1cc(C(=O)O)ccc1N. The van der Waals surface area contributed by atoms with Crippen molar-refractivity contribution in [2.24, 2.45) is 0 Å². The Balaban J connectivity index is 3.14. The topological polar surface area (TPSA) is 63.3 Å². The summed E-state index contributed by atoms with van der Waals surface area (Å²) in [6.45, 7) is 5.75. The summed E-state index contributed by atoms with van der Waals surface area (Å²) in [5.74, 6) is -0.739. The number of aromatic carboxylic acids is 1. The van der Waals surface area contributed by atoms with Crippen LogP contribution in [-0.4, -0.2) is 11.1 Å². The second-order valence-corrected chi connectivity index (χ2v) is 3.34. The minimum absolute atomic E-state index is 0.189. The lowest BCUT2D eigenvalue weighted by Crippen LogP contribution is -2.03. The number of nitrogen functional groups attached to an aromatic ring is 1. The number of anilines is 1. The molecule has 0 spiro atoms. The van der Waals surface area contributed by atoms with E-state index in [0.717, 1.165) is 5.56 Å². The third kappa shape index (κ3) is 2.05. The summed E-state index contributed by atoms with van der Waals surface area (Å²) in [5.41, 5.74) is 7.51. The molecule has 0 aliphatic heterocycles. The molecule has 1 unspecified atom stereocenters. The number of hydrogen-bond acceptors (Lipinski definition) is 2. The van der Waals surface area contributed by atoms with Gasteiger partial charge in [0.25, 0.3) is 0 Å². The standard InChI is InChI=1S/C11H14NO2/c1-3-7(2)9-6-8(11(13)14)4-5-10(9)12/h4-7H,1,3,12H2,2H3,(H,13,14). The highest BCUT2D eigenvalue weighted by atomic mass is 16.4. The summed E-state index contributed by atoms with van der Waals surface area (Å²) in [6, 6.07) is 4.76. The molecular formula is C11H14NO2.